The Morgan fingerprint density at radius 2 is 1.84 bits per heavy atom. The average Bonchev–Trinajstić information content (AvgIpc) is 3.29. The first kappa shape index (κ1) is 17.1. The van der Waals surface area contributed by atoms with Gasteiger partial charge in [0.05, 0.1) is 0 Å². The summed E-state index contributed by atoms with van der Waals surface area (Å²) in [5.41, 5.74) is 1.41. The lowest BCUT2D eigenvalue weighted by atomic mass is 10.0. The third-order valence-corrected chi connectivity index (χ3v) is 7.05. The molecule has 0 radical (unpaired) electrons. The zero-order valence-corrected chi connectivity index (χ0v) is 16.1. The number of aromatic nitrogens is 1. The van der Waals surface area contributed by atoms with E-state index >= 15 is 0 Å². The number of rotatable bonds is 6. The fourth-order valence-corrected chi connectivity index (χ4v) is 5.56. The average molecular weight is 356 g/mol. The van der Waals surface area contributed by atoms with Crippen LogP contribution in [-0.2, 0) is 6.54 Å². The third kappa shape index (κ3) is 4.25. The highest BCUT2D eigenvalue weighted by atomic mass is 32.1. The van der Waals surface area contributed by atoms with Gasteiger partial charge in [-0.05, 0) is 37.7 Å². The summed E-state index contributed by atoms with van der Waals surface area (Å²) in [5, 5.41) is 1.41. The molecule has 1 saturated carbocycles. The summed E-state index contributed by atoms with van der Waals surface area (Å²) in [5.74, 6) is 0.998. The van der Waals surface area contributed by atoms with Crippen LogP contribution < -0.4 is 4.57 Å². The van der Waals surface area contributed by atoms with Gasteiger partial charge in [-0.15, -0.1) is 0 Å². The Kier molecular flexibility index (Phi) is 5.71. The van der Waals surface area contributed by atoms with Crippen LogP contribution in [0.2, 0.25) is 0 Å². The van der Waals surface area contributed by atoms with Gasteiger partial charge in [-0.1, -0.05) is 49.2 Å². The second-order valence-electron chi connectivity index (χ2n) is 7.76. The highest BCUT2D eigenvalue weighted by molar-refractivity contribution is 7.18. The largest absolute Gasteiger partial charge is 0.377 e. The summed E-state index contributed by atoms with van der Waals surface area (Å²) in [4.78, 5) is 2.50. The fourth-order valence-electron chi connectivity index (χ4n) is 4.48. The quantitative estimate of drug-likeness (QED) is 0.610. The van der Waals surface area contributed by atoms with E-state index in [1.54, 1.807) is 0 Å². The van der Waals surface area contributed by atoms with Crippen molar-refractivity contribution in [2.75, 3.05) is 13.1 Å². The van der Waals surface area contributed by atoms with Gasteiger partial charge in [0, 0.05) is 37.9 Å². The summed E-state index contributed by atoms with van der Waals surface area (Å²) in [7, 11) is 0. The molecule has 2 aromatic rings. The fraction of sp³-hybridized carbons (Fsp3) is 0.591. The molecule has 2 aliphatic rings. The minimum Gasteiger partial charge on any atom is -0.377 e. The molecule has 2 heterocycles. The van der Waals surface area contributed by atoms with Gasteiger partial charge in [0.2, 0.25) is 5.52 Å². The molecule has 1 aromatic carbocycles. The topological polar surface area (TPSA) is 7.12 Å². The SMILES string of the molecule is C(=CN1CCCCC1)c1sc2ccccc2[n+]1CCCC1CCCC1. The van der Waals surface area contributed by atoms with E-state index in [9.17, 15) is 0 Å². The normalized spacial score (nSPS) is 19.4. The van der Waals surface area contributed by atoms with E-state index in [0.29, 0.717) is 0 Å². The number of nitrogens with zero attached hydrogens (tertiary/aromatic N) is 2. The number of benzene rings is 1. The molecule has 4 rings (SSSR count). The summed E-state index contributed by atoms with van der Waals surface area (Å²) in [6.07, 6.45) is 17.4. The number of aryl methyl sites for hydroxylation is 1. The molecule has 3 heteroatoms. The van der Waals surface area contributed by atoms with Crippen molar-refractivity contribution in [1.29, 1.82) is 0 Å². The van der Waals surface area contributed by atoms with Crippen molar-refractivity contribution in [1.82, 2.24) is 4.90 Å². The van der Waals surface area contributed by atoms with E-state index < -0.39 is 0 Å². The van der Waals surface area contributed by atoms with Gasteiger partial charge < -0.3 is 4.90 Å². The minimum atomic E-state index is 0.998. The predicted molar refractivity (Wildman–Crippen MR) is 108 cm³/mol. The Hall–Kier alpha value is -1.35. The molecule has 25 heavy (non-hydrogen) atoms. The zero-order valence-electron chi connectivity index (χ0n) is 15.3. The van der Waals surface area contributed by atoms with Crippen LogP contribution in [-0.4, -0.2) is 18.0 Å². The van der Waals surface area contributed by atoms with Crippen molar-refractivity contribution in [2.45, 2.75) is 64.3 Å². The Morgan fingerprint density at radius 1 is 1.04 bits per heavy atom. The molecule has 1 aliphatic carbocycles. The van der Waals surface area contributed by atoms with Crippen LogP contribution in [0.25, 0.3) is 16.3 Å². The van der Waals surface area contributed by atoms with Gasteiger partial charge in [0.15, 0.2) is 6.54 Å². The molecule has 0 N–H and O–H groups in total. The monoisotopic (exact) mass is 355 g/mol. The molecule has 0 atom stereocenters. The van der Waals surface area contributed by atoms with Crippen molar-refractivity contribution in [2.24, 2.45) is 5.92 Å². The molecule has 0 amide bonds. The number of hydrogen-bond acceptors (Lipinski definition) is 2. The highest BCUT2D eigenvalue weighted by Gasteiger charge is 2.20. The van der Waals surface area contributed by atoms with E-state index in [0.717, 1.165) is 5.92 Å². The van der Waals surface area contributed by atoms with Crippen molar-refractivity contribution in [3.63, 3.8) is 0 Å². The van der Waals surface area contributed by atoms with E-state index in [1.165, 1.54) is 92.6 Å². The van der Waals surface area contributed by atoms with E-state index in [2.05, 4.69) is 46.0 Å². The van der Waals surface area contributed by atoms with Gasteiger partial charge in [-0.2, -0.15) is 4.57 Å². The van der Waals surface area contributed by atoms with Crippen LogP contribution in [0.4, 0.5) is 0 Å². The first-order chi connectivity index (χ1) is 12.4. The molecular weight excluding hydrogens is 324 g/mol. The maximum atomic E-state index is 2.56. The van der Waals surface area contributed by atoms with Crippen molar-refractivity contribution >= 4 is 27.6 Å². The van der Waals surface area contributed by atoms with Gasteiger partial charge >= 0.3 is 0 Å². The predicted octanol–water partition coefficient (Wildman–Crippen LogP) is 5.62. The maximum Gasteiger partial charge on any atom is 0.264 e. The molecule has 0 bridgehead atoms. The molecule has 1 saturated heterocycles. The maximum absolute atomic E-state index is 2.56. The zero-order chi connectivity index (χ0) is 16.9. The number of thiazole rings is 1. The van der Waals surface area contributed by atoms with Crippen LogP contribution in [0.1, 0.15) is 62.8 Å². The number of likely N-dealkylation sites (tertiary alicyclic amines) is 1. The molecule has 1 aliphatic heterocycles. The molecule has 2 fully saturated rings. The number of hydrogen-bond donors (Lipinski definition) is 0. The lowest BCUT2D eigenvalue weighted by Gasteiger charge is -2.24. The van der Waals surface area contributed by atoms with Crippen LogP contribution in [0.5, 0.6) is 0 Å². The van der Waals surface area contributed by atoms with Crippen LogP contribution in [0.3, 0.4) is 0 Å². The summed E-state index contributed by atoms with van der Waals surface area (Å²) in [6, 6.07) is 8.91. The number of piperidine rings is 1. The van der Waals surface area contributed by atoms with Crippen molar-refractivity contribution in [3.8, 4) is 0 Å². The lowest BCUT2D eigenvalue weighted by Crippen LogP contribution is -2.35. The van der Waals surface area contributed by atoms with Crippen molar-refractivity contribution < 1.29 is 4.57 Å². The summed E-state index contributed by atoms with van der Waals surface area (Å²) >= 11 is 1.94. The first-order valence-corrected chi connectivity index (χ1v) is 11.1. The molecule has 0 unspecified atom stereocenters. The van der Waals surface area contributed by atoms with E-state index in [4.69, 9.17) is 0 Å². The van der Waals surface area contributed by atoms with Gasteiger partial charge in [-0.25, -0.2) is 0 Å². The number of para-hydroxylation sites is 1. The lowest BCUT2D eigenvalue weighted by molar-refractivity contribution is -0.669. The summed E-state index contributed by atoms with van der Waals surface area (Å²) in [6.45, 7) is 3.62. The van der Waals surface area contributed by atoms with Crippen LogP contribution in [0, 0.1) is 5.92 Å². The van der Waals surface area contributed by atoms with Gasteiger partial charge in [0.1, 0.15) is 4.70 Å². The standard InChI is InChI=1S/C22H31N2S/c1-6-15-23(16-7-1)18-14-22-24(17-8-11-19-9-2-3-10-19)20-12-4-5-13-21(20)25-22/h4-5,12-14,18-19H,1-3,6-11,15-17H2/q+1. The van der Waals surface area contributed by atoms with Crippen LogP contribution in [0.15, 0.2) is 30.5 Å². The van der Waals surface area contributed by atoms with E-state index in [-0.39, 0.29) is 0 Å². The minimum absolute atomic E-state index is 0.998. The van der Waals surface area contributed by atoms with Crippen LogP contribution >= 0.6 is 11.3 Å². The summed E-state index contributed by atoms with van der Waals surface area (Å²) < 4.78 is 3.98. The first-order valence-electron chi connectivity index (χ1n) is 10.2. The third-order valence-electron chi connectivity index (χ3n) is 5.92. The highest BCUT2D eigenvalue weighted by Crippen LogP contribution is 2.29. The molecule has 0 spiro atoms. The second-order valence-corrected chi connectivity index (χ2v) is 8.83. The van der Waals surface area contributed by atoms with E-state index in [1.807, 2.05) is 11.3 Å². The molecule has 134 valence electrons. The second kappa shape index (κ2) is 8.35. The Morgan fingerprint density at radius 3 is 2.68 bits per heavy atom. The Balaban J connectivity index is 1.49. The molecule has 2 nitrogen and oxygen atoms in total. The van der Waals surface area contributed by atoms with Gasteiger partial charge in [-0.3, -0.25) is 0 Å². The molecular formula is C22H31N2S+. The Labute approximate surface area is 156 Å². The van der Waals surface area contributed by atoms with Gasteiger partial charge in [0.25, 0.3) is 5.01 Å². The van der Waals surface area contributed by atoms with Crippen molar-refractivity contribution in [3.05, 3.63) is 35.5 Å². The Bertz CT molecular complexity index is 706. The smallest absolute Gasteiger partial charge is 0.264 e. The molecule has 1 aromatic heterocycles. The number of fused-ring (bicyclic) bond motifs is 1.